The van der Waals surface area contributed by atoms with E-state index in [9.17, 15) is 8.78 Å². The van der Waals surface area contributed by atoms with Crippen LogP contribution in [0.15, 0.2) is 54.8 Å². The highest BCUT2D eigenvalue weighted by atomic mass is 19.3. The Labute approximate surface area is 112 Å². The summed E-state index contributed by atoms with van der Waals surface area (Å²) >= 11 is 0. The number of benzene rings is 1. The molecule has 0 unspecified atom stereocenters. The number of halogens is 2. The highest BCUT2D eigenvalue weighted by molar-refractivity contribution is 5.77. The van der Waals surface area contributed by atoms with E-state index in [-0.39, 0.29) is 5.56 Å². The predicted octanol–water partition coefficient (Wildman–Crippen LogP) is 4.92. The molecule has 0 saturated heterocycles. The molecule has 0 bridgehead atoms. The van der Waals surface area contributed by atoms with Gasteiger partial charge in [0, 0.05) is 12.5 Å². The van der Waals surface area contributed by atoms with Gasteiger partial charge < -0.3 is 4.74 Å². The Hall–Kier alpha value is -1.90. The van der Waals surface area contributed by atoms with Crippen molar-refractivity contribution in [2.75, 3.05) is 7.11 Å². The van der Waals surface area contributed by atoms with Crippen molar-refractivity contribution in [1.29, 1.82) is 0 Å². The van der Waals surface area contributed by atoms with Crippen LogP contribution in [0.2, 0.25) is 0 Å². The van der Waals surface area contributed by atoms with E-state index in [4.69, 9.17) is 4.74 Å². The van der Waals surface area contributed by atoms with Gasteiger partial charge in [0.2, 0.25) is 0 Å². The Morgan fingerprint density at radius 2 is 1.95 bits per heavy atom. The average Bonchev–Trinajstić information content (AvgIpc) is 2.36. The minimum Gasteiger partial charge on any atom is -0.497 e. The maximum absolute atomic E-state index is 13.3. The van der Waals surface area contributed by atoms with Crippen LogP contribution in [0.5, 0.6) is 0 Å². The van der Waals surface area contributed by atoms with Crippen molar-refractivity contribution in [1.82, 2.24) is 0 Å². The zero-order valence-corrected chi connectivity index (χ0v) is 11.5. The molecule has 102 valence electrons. The summed E-state index contributed by atoms with van der Waals surface area (Å²) in [7, 11) is 1.52. The van der Waals surface area contributed by atoms with Gasteiger partial charge in [0.25, 0.3) is 5.92 Å². The quantitative estimate of drug-likeness (QED) is 0.542. The van der Waals surface area contributed by atoms with Crippen LogP contribution in [0.25, 0.3) is 5.57 Å². The predicted molar refractivity (Wildman–Crippen MR) is 75.0 cm³/mol. The first-order valence-corrected chi connectivity index (χ1v) is 5.85. The van der Waals surface area contributed by atoms with Crippen LogP contribution in [0, 0.1) is 0 Å². The topological polar surface area (TPSA) is 9.23 Å². The molecular weight excluding hydrogens is 246 g/mol. The van der Waals surface area contributed by atoms with E-state index in [0.29, 0.717) is 16.9 Å². The summed E-state index contributed by atoms with van der Waals surface area (Å²) in [5, 5.41) is 0. The molecular formula is C16H18F2O. The van der Waals surface area contributed by atoms with Crippen molar-refractivity contribution in [3.05, 3.63) is 66.0 Å². The van der Waals surface area contributed by atoms with Crippen molar-refractivity contribution < 1.29 is 13.5 Å². The summed E-state index contributed by atoms with van der Waals surface area (Å²) in [5.41, 5.74) is 2.13. The number of rotatable bonds is 5. The summed E-state index contributed by atoms with van der Waals surface area (Å²) in [6.45, 7) is 10.3. The minimum atomic E-state index is -2.86. The molecule has 1 aromatic rings. The first-order valence-electron chi connectivity index (χ1n) is 5.85. The van der Waals surface area contributed by atoms with E-state index in [1.54, 1.807) is 18.2 Å². The smallest absolute Gasteiger partial charge is 0.270 e. The highest BCUT2D eigenvalue weighted by Crippen LogP contribution is 2.30. The van der Waals surface area contributed by atoms with Gasteiger partial charge in [-0.05, 0) is 35.8 Å². The summed E-state index contributed by atoms with van der Waals surface area (Å²) in [6.07, 6.45) is 1.72. The molecule has 0 aliphatic heterocycles. The van der Waals surface area contributed by atoms with Crippen LogP contribution in [0.3, 0.4) is 0 Å². The first-order chi connectivity index (χ1) is 8.75. The molecule has 0 atom stereocenters. The number of allylic oxidation sites excluding steroid dienone is 3. The van der Waals surface area contributed by atoms with E-state index in [1.165, 1.54) is 19.2 Å². The lowest BCUT2D eigenvalue weighted by Gasteiger charge is -2.13. The molecule has 1 aromatic carbocycles. The van der Waals surface area contributed by atoms with Crippen molar-refractivity contribution in [3.8, 4) is 0 Å². The van der Waals surface area contributed by atoms with Crippen LogP contribution in [-0.4, -0.2) is 7.11 Å². The number of ether oxygens (including phenoxy) is 1. The van der Waals surface area contributed by atoms with Gasteiger partial charge in [0.05, 0.1) is 7.11 Å². The van der Waals surface area contributed by atoms with Crippen molar-refractivity contribution >= 4 is 5.57 Å². The molecule has 0 spiro atoms. The van der Waals surface area contributed by atoms with Crippen LogP contribution < -0.4 is 0 Å². The third-order valence-corrected chi connectivity index (χ3v) is 2.83. The number of hydrogen-bond acceptors (Lipinski definition) is 1. The van der Waals surface area contributed by atoms with E-state index in [0.717, 1.165) is 12.5 Å². The lowest BCUT2D eigenvalue weighted by molar-refractivity contribution is 0.0174. The SMILES string of the molecule is C=C(/C=C(/C)C(=C)c1cccc(C(C)(F)F)c1)OC. The molecule has 0 aliphatic rings. The van der Waals surface area contributed by atoms with E-state index in [1.807, 2.05) is 6.92 Å². The van der Waals surface area contributed by atoms with Gasteiger partial charge in [-0.2, -0.15) is 0 Å². The molecule has 19 heavy (non-hydrogen) atoms. The standard InChI is InChI=1S/C16H18F2O/c1-11(9-12(2)19-5)13(3)14-7-6-8-15(10-14)16(4,17)18/h6-10H,2-3H2,1,4-5H3/b11-9-. The molecule has 0 radical (unpaired) electrons. The fourth-order valence-corrected chi connectivity index (χ4v) is 1.60. The van der Waals surface area contributed by atoms with E-state index < -0.39 is 5.92 Å². The molecule has 0 N–H and O–H groups in total. The van der Waals surface area contributed by atoms with Crippen molar-refractivity contribution in [2.24, 2.45) is 0 Å². The third kappa shape index (κ3) is 4.05. The summed E-state index contributed by atoms with van der Waals surface area (Å²) in [4.78, 5) is 0. The van der Waals surface area contributed by atoms with Crippen LogP contribution in [-0.2, 0) is 10.7 Å². The van der Waals surface area contributed by atoms with Gasteiger partial charge in [-0.25, -0.2) is 8.78 Å². The van der Waals surface area contributed by atoms with E-state index in [2.05, 4.69) is 13.2 Å². The van der Waals surface area contributed by atoms with Crippen molar-refractivity contribution in [3.63, 3.8) is 0 Å². The summed E-state index contributed by atoms with van der Waals surface area (Å²) in [5.74, 6) is -2.36. The van der Waals surface area contributed by atoms with E-state index >= 15 is 0 Å². The second-order valence-electron chi connectivity index (χ2n) is 4.45. The van der Waals surface area contributed by atoms with Gasteiger partial charge in [-0.3, -0.25) is 0 Å². The Morgan fingerprint density at radius 3 is 2.47 bits per heavy atom. The zero-order valence-electron chi connectivity index (χ0n) is 11.5. The Kier molecular flexibility index (Phi) is 4.65. The third-order valence-electron chi connectivity index (χ3n) is 2.83. The molecule has 0 aromatic heterocycles. The van der Waals surface area contributed by atoms with Gasteiger partial charge in [-0.1, -0.05) is 31.4 Å². The molecule has 3 heteroatoms. The summed E-state index contributed by atoms with van der Waals surface area (Å²) < 4.78 is 31.5. The molecule has 0 saturated carbocycles. The zero-order chi connectivity index (χ0) is 14.6. The largest absolute Gasteiger partial charge is 0.497 e. The van der Waals surface area contributed by atoms with Crippen LogP contribution >= 0.6 is 0 Å². The number of alkyl halides is 2. The van der Waals surface area contributed by atoms with Gasteiger partial charge >= 0.3 is 0 Å². The first kappa shape index (κ1) is 15.2. The molecule has 0 heterocycles. The average molecular weight is 264 g/mol. The van der Waals surface area contributed by atoms with Crippen LogP contribution in [0.1, 0.15) is 25.0 Å². The molecule has 1 nitrogen and oxygen atoms in total. The monoisotopic (exact) mass is 264 g/mol. The minimum absolute atomic E-state index is 0.0236. The molecule has 0 aliphatic carbocycles. The maximum atomic E-state index is 13.3. The number of hydrogen-bond donors (Lipinski definition) is 0. The lowest BCUT2D eigenvalue weighted by atomic mass is 9.97. The summed E-state index contributed by atoms with van der Waals surface area (Å²) in [6, 6.07) is 6.22. The fraction of sp³-hybridized carbons (Fsp3) is 0.250. The second-order valence-corrected chi connectivity index (χ2v) is 4.45. The van der Waals surface area contributed by atoms with Gasteiger partial charge in [-0.15, -0.1) is 0 Å². The normalized spacial score (nSPS) is 12.2. The Morgan fingerprint density at radius 1 is 1.32 bits per heavy atom. The van der Waals surface area contributed by atoms with Gasteiger partial charge in [0.1, 0.15) is 5.76 Å². The Bertz CT molecular complexity index is 522. The maximum Gasteiger partial charge on any atom is 0.270 e. The lowest BCUT2D eigenvalue weighted by Crippen LogP contribution is -2.07. The molecule has 0 fully saturated rings. The Balaban J connectivity index is 3.08. The number of methoxy groups -OCH3 is 1. The van der Waals surface area contributed by atoms with Crippen LogP contribution in [0.4, 0.5) is 8.78 Å². The molecule has 1 rings (SSSR count). The van der Waals surface area contributed by atoms with Gasteiger partial charge in [0.15, 0.2) is 0 Å². The second kappa shape index (κ2) is 5.83. The fourth-order valence-electron chi connectivity index (χ4n) is 1.60. The van der Waals surface area contributed by atoms with Crippen molar-refractivity contribution in [2.45, 2.75) is 19.8 Å². The molecule has 0 amide bonds. The highest BCUT2D eigenvalue weighted by Gasteiger charge is 2.24.